The van der Waals surface area contributed by atoms with Crippen LogP contribution in [-0.2, 0) is 4.74 Å². The molecule has 2 fully saturated rings. The lowest BCUT2D eigenvalue weighted by Crippen LogP contribution is -2.40. The van der Waals surface area contributed by atoms with Gasteiger partial charge in [-0.25, -0.2) is 0 Å². The Hall–Kier alpha value is 0.620. The Kier molecular flexibility index (Phi) is 5.83. The molecule has 3 unspecified atom stereocenters. The van der Waals surface area contributed by atoms with Crippen LogP contribution in [0.15, 0.2) is 0 Å². The predicted octanol–water partition coefficient (Wildman–Crippen LogP) is 2.24. The summed E-state index contributed by atoms with van der Waals surface area (Å²) < 4.78 is 5.48. The van der Waals surface area contributed by atoms with Gasteiger partial charge in [0.2, 0.25) is 0 Å². The molecule has 4 heteroatoms. The first-order valence-corrected chi connectivity index (χ1v) is 8.61. The SMILES string of the molecule is CCC(NCC1CSCCS1)C1CCOC1. The first kappa shape index (κ1) is 13.1. The minimum atomic E-state index is 0.676. The molecule has 0 aromatic heterocycles. The van der Waals surface area contributed by atoms with Gasteiger partial charge in [-0.3, -0.25) is 0 Å². The van der Waals surface area contributed by atoms with E-state index in [0.29, 0.717) is 6.04 Å². The van der Waals surface area contributed by atoms with Gasteiger partial charge in [0.15, 0.2) is 0 Å². The van der Waals surface area contributed by atoms with E-state index in [1.165, 1.54) is 36.6 Å². The molecular formula is C12H23NOS2. The van der Waals surface area contributed by atoms with Crippen LogP contribution in [0, 0.1) is 5.92 Å². The van der Waals surface area contributed by atoms with E-state index in [1.807, 2.05) is 0 Å². The summed E-state index contributed by atoms with van der Waals surface area (Å²) in [5, 5.41) is 4.60. The summed E-state index contributed by atoms with van der Waals surface area (Å²) in [5.41, 5.74) is 0. The summed E-state index contributed by atoms with van der Waals surface area (Å²) in [6.45, 7) is 5.42. The van der Waals surface area contributed by atoms with Crippen LogP contribution in [0.5, 0.6) is 0 Å². The van der Waals surface area contributed by atoms with Crippen LogP contribution in [0.1, 0.15) is 19.8 Å². The van der Waals surface area contributed by atoms with E-state index in [4.69, 9.17) is 4.74 Å². The topological polar surface area (TPSA) is 21.3 Å². The molecule has 0 amide bonds. The summed E-state index contributed by atoms with van der Waals surface area (Å²) in [6, 6.07) is 0.676. The fourth-order valence-corrected chi connectivity index (χ4v) is 5.08. The van der Waals surface area contributed by atoms with Crippen molar-refractivity contribution in [1.29, 1.82) is 0 Å². The lowest BCUT2D eigenvalue weighted by atomic mass is 9.97. The molecule has 0 bridgehead atoms. The first-order chi connectivity index (χ1) is 7.90. The molecular weight excluding hydrogens is 238 g/mol. The normalized spacial score (nSPS) is 32.8. The third-order valence-corrected chi connectivity index (χ3v) is 6.31. The Morgan fingerprint density at radius 3 is 3.00 bits per heavy atom. The largest absolute Gasteiger partial charge is 0.381 e. The van der Waals surface area contributed by atoms with Crippen LogP contribution < -0.4 is 5.32 Å². The second kappa shape index (κ2) is 7.14. The maximum Gasteiger partial charge on any atom is 0.0509 e. The summed E-state index contributed by atoms with van der Waals surface area (Å²) in [7, 11) is 0. The van der Waals surface area contributed by atoms with E-state index in [2.05, 4.69) is 35.8 Å². The third-order valence-electron chi connectivity index (χ3n) is 3.47. The van der Waals surface area contributed by atoms with Gasteiger partial charge in [-0.15, -0.1) is 0 Å². The number of hydrogen-bond acceptors (Lipinski definition) is 4. The van der Waals surface area contributed by atoms with Crippen molar-refractivity contribution in [3.05, 3.63) is 0 Å². The number of rotatable bonds is 5. The number of hydrogen-bond donors (Lipinski definition) is 1. The highest BCUT2D eigenvalue weighted by Gasteiger charge is 2.25. The molecule has 0 spiro atoms. The van der Waals surface area contributed by atoms with Crippen LogP contribution in [0.2, 0.25) is 0 Å². The molecule has 0 aromatic rings. The second-order valence-corrected chi connectivity index (χ2v) is 7.17. The zero-order valence-corrected chi connectivity index (χ0v) is 11.7. The number of nitrogens with one attached hydrogen (secondary N) is 1. The molecule has 2 rings (SSSR count). The van der Waals surface area contributed by atoms with Crippen LogP contribution in [0.3, 0.4) is 0 Å². The van der Waals surface area contributed by atoms with Gasteiger partial charge in [0.25, 0.3) is 0 Å². The van der Waals surface area contributed by atoms with Crippen LogP contribution in [0.25, 0.3) is 0 Å². The van der Waals surface area contributed by atoms with Gasteiger partial charge >= 0.3 is 0 Å². The minimum absolute atomic E-state index is 0.676. The van der Waals surface area contributed by atoms with Gasteiger partial charge in [0.1, 0.15) is 0 Å². The van der Waals surface area contributed by atoms with Crippen molar-refractivity contribution in [3.63, 3.8) is 0 Å². The average Bonchev–Trinajstić information content (AvgIpc) is 2.85. The van der Waals surface area contributed by atoms with Crippen LogP contribution in [-0.4, -0.2) is 48.3 Å². The summed E-state index contributed by atoms with van der Waals surface area (Å²) in [4.78, 5) is 0. The molecule has 2 heterocycles. The van der Waals surface area contributed by atoms with Crippen LogP contribution >= 0.6 is 23.5 Å². The smallest absolute Gasteiger partial charge is 0.0509 e. The molecule has 2 aliphatic rings. The minimum Gasteiger partial charge on any atom is -0.381 e. The summed E-state index contributed by atoms with van der Waals surface area (Å²) >= 11 is 4.25. The van der Waals surface area contributed by atoms with E-state index in [-0.39, 0.29) is 0 Å². The molecule has 0 saturated carbocycles. The molecule has 0 aliphatic carbocycles. The molecule has 0 radical (unpaired) electrons. The highest BCUT2D eigenvalue weighted by Crippen LogP contribution is 2.24. The fraction of sp³-hybridized carbons (Fsp3) is 1.00. The van der Waals surface area contributed by atoms with Crippen molar-refractivity contribution in [3.8, 4) is 0 Å². The molecule has 2 aliphatic heterocycles. The maximum atomic E-state index is 5.48. The van der Waals surface area contributed by atoms with Crippen molar-refractivity contribution in [2.24, 2.45) is 5.92 Å². The van der Waals surface area contributed by atoms with E-state index < -0.39 is 0 Å². The highest BCUT2D eigenvalue weighted by atomic mass is 32.2. The standard InChI is InChI=1S/C12H23NOS2/c1-2-12(10-3-4-14-8-10)13-7-11-9-15-5-6-16-11/h10-13H,2-9H2,1H3. The lowest BCUT2D eigenvalue weighted by molar-refractivity contribution is 0.176. The Morgan fingerprint density at radius 2 is 2.38 bits per heavy atom. The molecule has 2 saturated heterocycles. The first-order valence-electron chi connectivity index (χ1n) is 6.40. The Balaban J connectivity index is 1.69. The molecule has 3 atom stereocenters. The van der Waals surface area contributed by atoms with Gasteiger partial charge in [-0.05, 0) is 18.8 Å². The Labute approximate surface area is 108 Å². The monoisotopic (exact) mass is 261 g/mol. The summed E-state index contributed by atoms with van der Waals surface area (Å²) in [6.07, 6.45) is 2.48. The van der Waals surface area contributed by atoms with Crippen molar-refractivity contribution in [2.45, 2.75) is 31.1 Å². The maximum absolute atomic E-state index is 5.48. The zero-order chi connectivity index (χ0) is 11.2. The van der Waals surface area contributed by atoms with Crippen molar-refractivity contribution in [1.82, 2.24) is 5.32 Å². The van der Waals surface area contributed by atoms with E-state index in [1.54, 1.807) is 0 Å². The van der Waals surface area contributed by atoms with E-state index in [0.717, 1.165) is 24.4 Å². The molecule has 2 nitrogen and oxygen atoms in total. The van der Waals surface area contributed by atoms with E-state index >= 15 is 0 Å². The second-order valence-electron chi connectivity index (χ2n) is 4.61. The summed E-state index contributed by atoms with van der Waals surface area (Å²) in [5.74, 6) is 4.76. The van der Waals surface area contributed by atoms with E-state index in [9.17, 15) is 0 Å². The number of thioether (sulfide) groups is 2. The van der Waals surface area contributed by atoms with Gasteiger partial charge in [-0.1, -0.05) is 6.92 Å². The van der Waals surface area contributed by atoms with Gasteiger partial charge < -0.3 is 10.1 Å². The quantitative estimate of drug-likeness (QED) is 0.819. The zero-order valence-electron chi connectivity index (χ0n) is 10.1. The van der Waals surface area contributed by atoms with Gasteiger partial charge in [0.05, 0.1) is 6.61 Å². The van der Waals surface area contributed by atoms with Crippen molar-refractivity contribution in [2.75, 3.05) is 37.0 Å². The lowest BCUT2D eigenvalue weighted by Gasteiger charge is -2.27. The molecule has 1 N–H and O–H groups in total. The third kappa shape index (κ3) is 3.83. The number of ether oxygens (including phenoxy) is 1. The predicted molar refractivity (Wildman–Crippen MR) is 74.6 cm³/mol. The van der Waals surface area contributed by atoms with Gasteiger partial charge in [0, 0.05) is 41.7 Å². The molecule has 16 heavy (non-hydrogen) atoms. The van der Waals surface area contributed by atoms with Crippen molar-refractivity contribution < 1.29 is 4.74 Å². The molecule has 0 aromatic carbocycles. The highest BCUT2D eigenvalue weighted by molar-refractivity contribution is 8.06. The van der Waals surface area contributed by atoms with Crippen molar-refractivity contribution >= 4 is 23.5 Å². The van der Waals surface area contributed by atoms with Gasteiger partial charge in [-0.2, -0.15) is 23.5 Å². The Bertz CT molecular complexity index is 191. The fourth-order valence-electron chi connectivity index (χ4n) is 2.45. The Morgan fingerprint density at radius 1 is 1.44 bits per heavy atom. The average molecular weight is 261 g/mol. The molecule has 94 valence electrons. The van der Waals surface area contributed by atoms with Crippen LogP contribution in [0.4, 0.5) is 0 Å².